The van der Waals surface area contributed by atoms with Crippen LogP contribution in [-0.2, 0) is 16.1 Å². The summed E-state index contributed by atoms with van der Waals surface area (Å²) in [6.07, 6.45) is -0.521. The molecule has 0 aromatic heterocycles. The number of ether oxygens (including phenoxy) is 1. The summed E-state index contributed by atoms with van der Waals surface area (Å²) in [6, 6.07) is 7.54. The Kier molecular flexibility index (Phi) is 6.22. The summed E-state index contributed by atoms with van der Waals surface area (Å²) in [5.74, 6) is -0.958. The molecule has 0 radical (unpaired) electrons. The molecule has 0 heterocycles. The Balaban J connectivity index is 3.01. The van der Waals surface area contributed by atoms with Crippen molar-refractivity contribution in [3.8, 4) is 0 Å². The monoisotopic (exact) mass is 385 g/mol. The van der Waals surface area contributed by atoms with Crippen molar-refractivity contribution in [1.82, 2.24) is 4.90 Å². The molecule has 128 valence electrons. The number of rotatable bonds is 5. The van der Waals surface area contributed by atoms with E-state index in [0.29, 0.717) is 0 Å². The first-order chi connectivity index (χ1) is 10.4. The lowest BCUT2D eigenvalue weighted by Crippen LogP contribution is -2.44. The molecule has 0 saturated carbocycles. The Hall–Kier alpha value is -1.56. The van der Waals surface area contributed by atoms with Crippen molar-refractivity contribution < 1.29 is 19.4 Å². The Bertz CT molecular complexity index is 578. The molecule has 0 fully saturated rings. The number of nitrogens with zero attached hydrogens (tertiary/aromatic N) is 1. The van der Waals surface area contributed by atoms with Crippen molar-refractivity contribution in [2.75, 3.05) is 6.54 Å². The van der Waals surface area contributed by atoms with Crippen LogP contribution >= 0.6 is 15.9 Å². The van der Waals surface area contributed by atoms with E-state index in [2.05, 4.69) is 15.9 Å². The van der Waals surface area contributed by atoms with Crippen LogP contribution in [0.2, 0.25) is 0 Å². The molecule has 0 atom stereocenters. The van der Waals surface area contributed by atoms with Gasteiger partial charge >= 0.3 is 12.1 Å². The minimum absolute atomic E-state index is 0.0593. The highest BCUT2D eigenvalue weighted by atomic mass is 79.9. The number of carboxylic acid groups (broad SMARTS) is 1. The number of carbonyl (C=O) groups excluding carboxylic acids is 1. The molecule has 0 spiro atoms. The minimum Gasteiger partial charge on any atom is -0.481 e. The molecule has 1 amide bonds. The Labute approximate surface area is 145 Å². The molecule has 0 aliphatic heterocycles. The Morgan fingerprint density at radius 3 is 2.30 bits per heavy atom. The lowest BCUT2D eigenvalue weighted by atomic mass is 9.93. The number of aliphatic carboxylic acids is 1. The van der Waals surface area contributed by atoms with Gasteiger partial charge in [0.2, 0.25) is 0 Å². The van der Waals surface area contributed by atoms with Crippen molar-refractivity contribution >= 4 is 28.0 Å². The summed E-state index contributed by atoms with van der Waals surface area (Å²) in [7, 11) is 0. The average molecular weight is 386 g/mol. The van der Waals surface area contributed by atoms with E-state index in [1.807, 2.05) is 24.3 Å². The average Bonchev–Trinajstić information content (AvgIpc) is 2.35. The second-order valence-corrected chi connectivity index (χ2v) is 8.07. The second kappa shape index (κ2) is 7.34. The van der Waals surface area contributed by atoms with Crippen molar-refractivity contribution in [2.45, 2.75) is 46.8 Å². The van der Waals surface area contributed by atoms with E-state index in [0.717, 1.165) is 10.0 Å². The predicted molar refractivity (Wildman–Crippen MR) is 92.2 cm³/mol. The minimum atomic E-state index is -1.07. The second-order valence-electron chi connectivity index (χ2n) is 7.16. The lowest BCUT2D eigenvalue weighted by molar-refractivity contribution is -0.147. The van der Waals surface area contributed by atoms with Gasteiger partial charge in [0.15, 0.2) is 0 Å². The zero-order valence-electron chi connectivity index (χ0n) is 14.2. The molecule has 0 aliphatic rings. The largest absolute Gasteiger partial charge is 0.481 e. The Morgan fingerprint density at radius 1 is 1.22 bits per heavy atom. The number of benzene rings is 1. The van der Waals surface area contributed by atoms with Crippen LogP contribution in [0.5, 0.6) is 0 Å². The van der Waals surface area contributed by atoms with Gasteiger partial charge in [0.1, 0.15) is 5.60 Å². The summed E-state index contributed by atoms with van der Waals surface area (Å²) in [5, 5.41) is 9.33. The van der Waals surface area contributed by atoms with Crippen LogP contribution in [-0.4, -0.2) is 34.2 Å². The number of hydrogen-bond donors (Lipinski definition) is 1. The highest BCUT2D eigenvalue weighted by molar-refractivity contribution is 9.10. The molecule has 0 unspecified atom stereocenters. The molecule has 0 saturated heterocycles. The normalized spacial score (nSPS) is 11.9. The first-order valence-electron chi connectivity index (χ1n) is 7.36. The fraction of sp³-hybridized carbons (Fsp3) is 0.529. The van der Waals surface area contributed by atoms with Crippen LogP contribution in [0, 0.1) is 5.41 Å². The standard InChI is InChI=1S/C17H24BrNO4/c1-16(2,3)23-15(22)19(11-17(4,5)14(20)21)10-12-7-6-8-13(18)9-12/h6-9H,10-11H2,1-5H3,(H,20,21). The smallest absolute Gasteiger partial charge is 0.410 e. The maximum atomic E-state index is 12.4. The van der Waals surface area contributed by atoms with Crippen LogP contribution in [0.4, 0.5) is 4.79 Å². The zero-order valence-corrected chi connectivity index (χ0v) is 15.8. The van der Waals surface area contributed by atoms with Crippen molar-refractivity contribution in [3.05, 3.63) is 34.3 Å². The molecule has 0 bridgehead atoms. The van der Waals surface area contributed by atoms with Crippen LogP contribution < -0.4 is 0 Å². The summed E-state index contributed by atoms with van der Waals surface area (Å²) < 4.78 is 6.31. The third kappa shape index (κ3) is 6.60. The third-order valence-corrected chi connectivity index (χ3v) is 3.57. The summed E-state index contributed by atoms with van der Waals surface area (Å²) in [6.45, 7) is 8.87. The van der Waals surface area contributed by atoms with Crippen LogP contribution in [0.1, 0.15) is 40.2 Å². The molecule has 1 rings (SSSR count). The van der Waals surface area contributed by atoms with Gasteiger partial charge < -0.3 is 14.7 Å². The van der Waals surface area contributed by atoms with Gasteiger partial charge in [0.05, 0.1) is 5.41 Å². The fourth-order valence-corrected chi connectivity index (χ4v) is 2.36. The topological polar surface area (TPSA) is 66.8 Å². The fourth-order valence-electron chi connectivity index (χ4n) is 1.91. The van der Waals surface area contributed by atoms with Crippen LogP contribution in [0.15, 0.2) is 28.7 Å². The van der Waals surface area contributed by atoms with E-state index in [4.69, 9.17) is 4.74 Å². The van der Waals surface area contributed by atoms with E-state index in [-0.39, 0.29) is 13.1 Å². The molecule has 0 aliphatic carbocycles. The van der Waals surface area contributed by atoms with Gasteiger partial charge in [0.25, 0.3) is 0 Å². The van der Waals surface area contributed by atoms with Gasteiger partial charge in [-0.05, 0) is 52.3 Å². The van der Waals surface area contributed by atoms with Gasteiger partial charge in [-0.3, -0.25) is 4.79 Å². The number of hydrogen-bond acceptors (Lipinski definition) is 3. The van der Waals surface area contributed by atoms with Gasteiger partial charge in [-0.2, -0.15) is 0 Å². The van der Waals surface area contributed by atoms with Gasteiger partial charge in [0, 0.05) is 17.6 Å². The van der Waals surface area contributed by atoms with E-state index in [9.17, 15) is 14.7 Å². The van der Waals surface area contributed by atoms with E-state index >= 15 is 0 Å². The molecular weight excluding hydrogens is 362 g/mol. The first-order valence-corrected chi connectivity index (χ1v) is 8.16. The first kappa shape index (κ1) is 19.5. The number of halogens is 1. The molecule has 5 nitrogen and oxygen atoms in total. The van der Waals surface area contributed by atoms with E-state index in [1.54, 1.807) is 34.6 Å². The highest BCUT2D eigenvalue weighted by Crippen LogP contribution is 2.22. The quantitative estimate of drug-likeness (QED) is 0.820. The number of carbonyl (C=O) groups is 2. The maximum Gasteiger partial charge on any atom is 0.410 e. The summed E-state index contributed by atoms with van der Waals surface area (Å²) in [5.41, 5.74) is -0.811. The van der Waals surface area contributed by atoms with E-state index < -0.39 is 23.1 Å². The van der Waals surface area contributed by atoms with Crippen molar-refractivity contribution in [1.29, 1.82) is 0 Å². The summed E-state index contributed by atoms with van der Waals surface area (Å²) >= 11 is 3.39. The molecular formula is C17H24BrNO4. The predicted octanol–water partition coefficient (Wildman–Crippen LogP) is 4.30. The van der Waals surface area contributed by atoms with Crippen LogP contribution in [0.25, 0.3) is 0 Å². The van der Waals surface area contributed by atoms with Gasteiger partial charge in [-0.15, -0.1) is 0 Å². The zero-order chi connectivity index (χ0) is 17.8. The van der Waals surface area contributed by atoms with Gasteiger partial charge in [-0.25, -0.2) is 4.79 Å². The van der Waals surface area contributed by atoms with Gasteiger partial charge in [-0.1, -0.05) is 28.1 Å². The molecule has 1 aromatic rings. The van der Waals surface area contributed by atoms with Crippen LogP contribution in [0.3, 0.4) is 0 Å². The lowest BCUT2D eigenvalue weighted by Gasteiger charge is -2.32. The third-order valence-electron chi connectivity index (χ3n) is 3.08. The maximum absolute atomic E-state index is 12.4. The number of carboxylic acids is 1. The highest BCUT2D eigenvalue weighted by Gasteiger charge is 2.33. The van der Waals surface area contributed by atoms with E-state index in [1.165, 1.54) is 4.90 Å². The SMILES string of the molecule is CC(C)(C)OC(=O)N(Cc1cccc(Br)c1)CC(C)(C)C(=O)O. The Morgan fingerprint density at radius 2 is 1.83 bits per heavy atom. The van der Waals surface area contributed by atoms with Crippen molar-refractivity contribution in [2.24, 2.45) is 5.41 Å². The molecule has 1 aromatic carbocycles. The molecule has 23 heavy (non-hydrogen) atoms. The van der Waals surface area contributed by atoms with Crippen molar-refractivity contribution in [3.63, 3.8) is 0 Å². The summed E-state index contributed by atoms with van der Waals surface area (Å²) in [4.78, 5) is 25.3. The molecule has 1 N–H and O–H groups in total. The number of amides is 1. The molecule has 6 heteroatoms.